The van der Waals surface area contributed by atoms with Crippen LogP contribution >= 0.6 is 11.6 Å². The zero-order chi connectivity index (χ0) is 11.4. The van der Waals surface area contributed by atoms with E-state index < -0.39 is 5.97 Å². The minimum absolute atomic E-state index is 0.164. The summed E-state index contributed by atoms with van der Waals surface area (Å²) in [4.78, 5) is 11.2. The lowest BCUT2D eigenvalue weighted by atomic mass is 10.1. The average molecular weight is 226 g/mol. The van der Waals surface area contributed by atoms with Crippen LogP contribution in [0.2, 0.25) is 5.02 Å². The monoisotopic (exact) mass is 225 g/mol. The first-order valence-electron chi connectivity index (χ1n) is 4.00. The number of esters is 1. The van der Waals surface area contributed by atoms with Crippen LogP contribution in [0.25, 0.3) is 0 Å². The lowest BCUT2D eigenvalue weighted by molar-refractivity contribution is 0.0600. The fourth-order valence-corrected chi connectivity index (χ4v) is 1.34. The highest BCUT2D eigenvalue weighted by Gasteiger charge is 2.14. The third kappa shape index (κ3) is 2.20. The molecular formula is C10H8ClNO3. The Hall–Kier alpha value is -1.73. The predicted molar refractivity (Wildman–Crippen MR) is 54.1 cm³/mol. The van der Waals surface area contributed by atoms with Gasteiger partial charge in [0.1, 0.15) is 17.4 Å². The van der Waals surface area contributed by atoms with Crippen molar-refractivity contribution in [1.82, 2.24) is 0 Å². The van der Waals surface area contributed by atoms with Crippen molar-refractivity contribution in [1.29, 1.82) is 5.26 Å². The summed E-state index contributed by atoms with van der Waals surface area (Å²) < 4.78 is 9.47. The predicted octanol–water partition coefficient (Wildman–Crippen LogP) is 2.01. The molecule has 0 radical (unpaired) electrons. The van der Waals surface area contributed by atoms with E-state index in [1.807, 2.05) is 6.07 Å². The van der Waals surface area contributed by atoms with Crippen LogP contribution in [0.15, 0.2) is 12.1 Å². The van der Waals surface area contributed by atoms with E-state index in [4.69, 9.17) is 21.6 Å². The van der Waals surface area contributed by atoms with Crippen LogP contribution in [-0.4, -0.2) is 20.2 Å². The average Bonchev–Trinajstić information content (AvgIpc) is 2.26. The Bertz CT molecular complexity index is 437. The molecule has 1 aromatic carbocycles. The van der Waals surface area contributed by atoms with Crippen molar-refractivity contribution in [2.24, 2.45) is 0 Å². The minimum Gasteiger partial charge on any atom is -0.495 e. The third-order valence-corrected chi connectivity index (χ3v) is 2.10. The maximum absolute atomic E-state index is 11.2. The molecule has 0 unspecified atom stereocenters. The number of rotatable bonds is 2. The van der Waals surface area contributed by atoms with Crippen molar-refractivity contribution in [2.45, 2.75) is 0 Å². The van der Waals surface area contributed by atoms with Crippen LogP contribution in [0.4, 0.5) is 0 Å². The summed E-state index contributed by atoms with van der Waals surface area (Å²) in [6.45, 7) is 0. The van der Waals surface area contributed by atoms with Crippen molar-refractivity contribution in [3.63, 3.8) is 0 Å². The molecule has 0 aliphatic rings. The Balaban J connectivity index is 3.33. The van der Waals surface area contributed by atoms with Crippen molar-refractivity contribution in [2.75, 3.05) is 14.2 Å². The molecule has 5 heteroatoms. The second-order valence-electron chi connectivity index (χ2n) is 2.64. The SMILES string of the molecule is COC(=O)c1cc(Cl)c(C#N)c(OC)c1. The van der Waals surface area contributed by atoms with E-state index in [0.717, 1.165) is 0 Å². The van der Waals surface area contributed by atoms with Gasteiger partial charge in [-0.05, 0) is 12.1 Å². The summed E-state index contributed by atoms with van der Waals surface area (Å²) in [5, 5.41) is 8.95. The number of carbonyl (C=O) groups excluding carboxylic acids is 1. The first kappa shape index (κ1) is 11.3. The molecule has 0 heterocycles. The van der Waals surface area contributed by atoms with E-state index in [1.165, 1.54) is 26.4 Å². The van der Waals surface area contributed by atoms with Gasteiger partial charge in [0, 0.05) is 0 Å². The summed E-state index contributed by atoms with van der Waals surface area (Å²) in [5.74, 6) is -0.273. The van der Waals surface area contributed by atoms with Gasteiger partial charge >= 0.3 is 5.97 Å². The molecule has 0 aromatic heterocycles. The molecule has 0 aliphatic heterocycles. The highest BCUT2D eigenvalue weighted by molar-refractivity contribution is 6.32. The van der Waals surface area contributed by atoms with Crippen LogP contribution in [0.5, 0.6) is 5.75 Å². The molecule has 4 nitrogen and oxygen atoms in total. The quantitative estimate of drug-likeness (QED) is 0.723. The van der Waals surface area contributed by atoms with Gasteiger partial charge in [0.25, 0.3) is 0 Å². The molecule has 0 saturated carbocycles. The van der Waals surface area contributed by atoms with Gasteiger partial charge in [-0.25, -0.2) is 4.79 Å². The second-order valence-corrected chi connectivity index (χ2v) is 3.05. The summed E-state index contributed by atoms with van der Waals surface area (Å²) in [6, 6.07) is 4.67. The van der Waals surface area contributed by atoms with E-state index >= 15 is 0 Å². The normalized spacial score (nSPS) is 9.20. The number of hydrogen-bond acceptors (Lipinski definition) is 4. The molecule has 0 amide bonds. The first-order chi connectivity index (χ1) is 7.13. The summed E-state index contributed by atoms with van der Waals surface area (Å²) in [6.07, 6.45) is 0. The van der Waals surface area contributed by atoms with Gasteiger partial charge in [-0.3, -0.25) is 0 Å². The molecule has 0 aliphatic carbocycles. The lowest BCUT2D eigenvalue weighted by Gasteiger charge is -2.06. The number of nitriles is 1. The molecule has 0 bridgehead atoms. The number of hydrogen-bond donors (Lipinski definition) is 0. The molecule has 0 saturated heterocycles. The Morgan fingerprint density at radius 3 is 2.60 bits per heavy atom. The van der Waals surface area contributed by atoms with Crippen LogP contribution < -0.4 is 4.74 Å². The molecule has 0 spiro atoms. The molecule has 15 heavy (non-hydrogen) atoms. The molecule has 0 N–H and O–H groups in total. The third-order valence-electron chi connectivity index (χ3n) is 1.81. The first-order valence-corrected chi connectivity index (χ1v) is 4.37. The number of nitrogens with zero attached hydrogens (tertiary/aromatic N) is 1. The molecular weight excluding hydrogens is 218 g/mol. The number of halogens is 1. The van der Waals surface area contributed by atoms with Gasteiger partial charge in [0.15, 0.2) is 0 Å². The molecule has 78 valence electrons. The van der Waals surface area contributed by atoms with E-state index in [0.29, 0.717) is 0 Å². The Morgan fingerprint density at radius 1 is 1.47 bits per heavy atom. The molecule has 1 aromatic rings. The van der Waals surface area contributed by atoms with Gasteiger partial charge in [0.2, 0.25) is 0 Å². The number of ether oxygens (including phenoxy) is 2. The topological polar surface area (TPSA) is 59.3 Å². The summed E-state index contributed by atoms with van der Waals surface area (Å²) >= 11 is 5.80. The van der Waals surface area contributed by atoms with Gasteiger partial charge in [-0.2, -0.15) is 5.26 Å². The second kappa shape index (κ2) is 4.67. The standard InChI is InChI=1S/C10H8ClNO3/c1-14-9-4-6(10(13)15-2)3-8(11)7(9)5-12/h3-4H,1-2H3. The highest BCUT2D eigenvalue weighted by atomic mass is 35.5. The minimum atomic E-state index is -0.528. The van der Waals surface area contributed by atoms with E-state index in [1.54, 1.807) is 0 Å². The zero-order valence-corrected chi connectivity index (χ0v) is 8.96. The zero-order valence-electron chi connectivity index (χ0n) is 8.20. The number of methoxy groups -OCH3 is 2. The van der Waals surface area contributed by atoms with E-state index in [9.17, 15) is 4.79 Å². The maximum atomic E-state index is 11.2. The summed E-state index contributed by atoms with van der Waals surface area (Å²) in [5.41, 5.74) is 0.449. The fraction of sp³-hybridized carbons (Fsp3) is 0.200. The van der Waals surface area contributed by atoms with Crippen LogP contribution in [-0.2, 0) is 4.74 Å². The van der Waals surface area contributed by atoms with Gasteiger partial charge in [-0.15, -0.1) is 0 Å². The summed E-state index contributed by atoms with van der Waals surface area (Å²) in [7, 11) is 2.66. The lowest BCUT2D eigenvalue weighted by Crippen LogP contribution is -2.02. The van der Waals surface area contributed by atoms with Gasteiger partial charge < -0.3 is 9.47 Å². The smallest absolute Gasteiger partial charge is 0.338 e. The van der Waals surface area contributed by atoms with Crippen molar-refractivity contribution in [3.05, 3.63) is 28.3 Å². The van der Waals surface area contributed by atoms with Gasteiger partial charge in [0.05, 0.1) is 24.8 Å². The largest absolute Gasteiger partial charge is 0.495 e. The van der Waals surface area contributed by atoms with E-state index in [2.05, 4.69) is 4.74 Å². The molecule has 0 atom stereocenters. The maximum Gasteiger partial charge on any atom is 0.338 e. The molecule has 1 rings (SSSR count). The van der Waals surface area contributed by atoms with Gasteiger partial charge in [-0.1, -0.05) is 11.6 Å². The van der Waals surface area contributed by atoms with Crippen LogP contribution in [0, 0.1) is 11.3 Å². The van der Waals surface area contributed by atoms with Crippen molar-refractivity contribution >= 4 is 17.6 Å². The Labute approximate surface area is 92.0 Å². The van der Waals surface area contributed by atoms with Crippen LogP contribution in [0.1, 0.15) is 15.9 Å². The van der Waals surface area contributed by atoms with Crippen molar-refractivity contribution < 1.29 is 14.3 Å². The van der Waals surface area contributed by atoms with E-state index in [-0.39, 0.29) is 21.9 Å². The Kier molecular flexibility index (Phi) is 3.53. The molecule has 0 fully saturated rings. The fourth-order valence-electron chi connectivity index (χ4n) is 1.09. The Morgan fingerprint density at radius 2 is 2.13 bits per heavy atom. The van der Waals surface area contributed by atoms with Crippen LogP contribution in [0.3, 0.4) is 0 Å². The highest BCUT2D eigenvalue weighted by Crippen LogP contribution is 2.27. The van der Waals surface area contributed by atoms with Crippen molar-refractivity contribution in [3.8, 4) is 11.8 Å². The number of benzene rings is 1. The number of carbonyl (C=O) groups is 1.